The van der Waals surface area contributed by atoms with Gasteiger partial charge in [-0.15, -0.1) is 0 Å². The minimum Gasteiger partial charge on any atom is -0.247 e. The average molecular weight is 190 g/mol. The maximum atomic E-state index is 11.6. The molecule has 8 heteroatoms. The summed E-state index contributed by atoms with van der Waals surface area (Å²) in [5, 5.41) is 0. The summed E-state index contributed by atoms with van der Waals surface area (Å²) < 4.78 is 54.9. The van der Waals surface area contributed by atoms with Crippen LogP contribution in [0.2, 0.25) is 0 Å². The zero-order valence-electron chi connectivity index (χ0n) is 4.05. The first-order chi connectivity index (χ1) is 4.04. The highest BCUT2D eigenvalue weighted by molar-refractivity contribution is 7.87. The molecule has 0 aliphatic rings. The maximum Gasteiger partial charge on any atom is 0.332 e. The normalized spacial score (nSPS) is 13.9. The highest BCUT2D eigenvalue weighted by Crippen LogP contribution is 2.05. The fourth-order valence-electron chi connectivity index (χ4n) is 0.117. The molecule has 0 fully saturated rings. The molecule has 0 saturated carbocycles. The fourth-order valence-corrected chi connectivity index (χ4v) is 0.350. The highest BCUT2D eigenvalue weighted by atomic mass is 32.2. The third-order valence-electron chi connectivity index (χ3n) is 0.522. The Kier molecular flexibility index (Phi) is 6.75. The monoisotopic (exact) mass is 190 g/mol. The van der Waals surface area contributed by atoms with Crippen molar-refractivity contribution in [1.29, 1.82) is 0 Å². The van der Waals surface area contributed by atoms with Crippen molar-refractivity contribution in [1.82, 2.24) is 0 Å². The zero-order chi connectivity index (χ0) is 7.49. The quantitative estimate of drug-likeness (QED) is 0.567. The first kappa shape index (κ1) is 13.1. The van der Waals surface area contributed by atoms with Gasteiger partial charge in [-0.1, -0.05) is 4.39 Å². The number of hydrogen-bond acceptors (Lipinski definition) is 3. The van der Waals surface area contributed by atoms with E-state index in [9.17, 15) is 21.7 Å². The van der Waals surface area contributed by atoms with Gasteiger partial charge in [-0.2, -0.15) is 8.42 Å². The molecule has 0 bridgehead atoms. The average Bonchev–Trinajstić information content (AvgIpc) is 1.86. The van der Waals surface area contributed by atoms with Crippen LogP contribution in [0.5, 0.6) is 0 Å². The molecule has 0 amide bonds. The van der Waals surface area contributed by atoms with E-state index < -0.39 is 22.3 Å². The molecule has 0 aromatic carbocycles. The number of hydrogen-bond donors (Lipinski definition) is 0. The number of alkyl halides is 2. The molecule has 0 aromatic rings. The number of rotatable bonds is 3. The lowest BCUT2D eigenvalue weighted by Crippen LogP contribution is -2.17. The summed E-state index contributed by atoms with van der Waals surface area (Å²) in [6.07, 6.45) is 0. The standard InChI is InChI=1S/C2H3F3O3S.Mg.2H/c3-1-2(4)9(6,7)8-5;;;/h2H,1H2;;;. The third-order valence-corrected chi connectivity index (χ3v) is 1.45. The Morgan fingerprint density at radius 3 is 2.00 bits per heavy atom. The highest BCUT2D eigenvalue weighted by Gasteiger charge is 2.26. The molecule has 1 atom stereocenters. The first-order valence-electron chi connectivity index (χ1n) is 1.78. The van der Waals surface area contributed by atoms with E-state index in [4.69, 9.17) is 0 Å². The van der Waals surface area contributed by atoms with Crippen LogP contribution in [0, 0.1) is 0 Å². The number of halogens is 3. The molecule has 0 spiro atoms. The van der Waals surface area contributed by atoms with Gasteiger partial charge in [-0.25, -0.2) is 8.78 Å². The van der Waals surface area contributed by atoms with Crippen LogP contribution in [-0.2, 0) is 14.5 Å². The fraction of sp³-hybridized carbons (Fsp3) is 1.00. The van der Waals surface area contributed by atoms with Crippen molar-refractivity contribution in [2.75, 3.05) is 6.67 Å². The summed E-state index contributed by atoms with van der Waals surface area (Å²) in [5.74, 6) is 0. The molecule has 0 aromatic heterocycles. The van der Waals surface area contributed by atoms with E-state index in [2.05, 4.69) is 4.39 Å². The SMILES string of the molecule is O=S(=O)(OF)C(F)CF.[MgH2]. The second-order valence-electron chi connectivity index (χ2n) is 1.12. The van der Waals surface area contributed by atoms with Gasteiger partial charge in [-0.3, -0.25) is 0 Å². The van der Waals surface area contributed by atoms with Crippen molar-refractivity contribution in [3.05, 3.63) is 0 Å². The van der Waals surface area contributed by atoms with Crippen LogP contribution < -0.4 is 0 Å². The van der Waals surface area contributed by atoms with Crippen molar-refractivity contribution in [3.63, 3.8) is 0 Å². The van der Waals surface area contributed by atoms with Gasteiger partial charge >= 0.3 is 33.2 Å². The second kappa shape index (κ2) is 5.16. The van der Waals surface area contributed by atoms with E-state index in [1.165, 1.54) is 0 Å². The van der Waals surface area contributed by atoms with Crippen LogP contribution in [-0.4, -0.2) is 43.6 Å². The minimum absolute atomic E-state index is 0. The van der Waals surface area contributed by atoms with Gasteiger partial charge in [-0.05, 0) is 4.53 Å². The third kappa shape index (κ3) is 3.59. The van der Waals surface area contributed by atoms with Crippen LogP contribution in [0.1, 0.15) is 0 Å². The van der Waals surface area contributed by atoms with E-state index in [0.29, 0.717) is 0 Å². The van der Waals surface area contributed by atoms with Crippen molar-refractivity contribution >= 4 is 33.2 Å². The summed E-state index contributed by atoms with van der Waals surface area (Å²) in [4.78, 5) is 0. The molecular weight excluding hydrogens is 185 g/mol. The molecule has 0 radical (unpaired) electrons. The Morgan fingerprint density at radius 1 is 1.50 bits per heavy atom. The van der Waals surface area contributed by atoms with Crippen LogP contribution in [0.3, 0.4) is 0 Å². The summed E-state index contributed by atoms with van der Waals surface area (Å²) in [5.41, 5.74) is -2.93. The summed E-state index contributed by atoms with van der Waals surface area (Å²) in [6.45, 7) is -1.81. The smallest absolute Gasteiger partial charge is 0.247 e. The van der Waals surface area contributed by atoms with Crippen LogP contribution in [0.25, 0.3) is 0 Å². The largest absolute Gasteiger partial charge is 0.332 e. The predicted molar refractivity (Wildman–Crippen MR) is 30.5 cm³/mol. The molecule has 0 aliphatic heterocycles. The molecule has 0 aliphatic carbocycles. The first-order valence-corrected chi connectivity index (χ1v) is 3.26. The van der Waals surface area contributed by atoms with Gasteiger partial charge in [0.15, 0.2) is 0 Å². The van der Waals surface area contributed by atoms with Crippen LogP contribution >= 0.6 is 0 Å². The van der Waals surface area contributed by atoms with Gasteiger partial charge in [0.25, 0.3) is 5.50 Å². The second-order valence-corrected chi connectivity index (χ2v) is 2.74. The Labute approximate surface area is 71.7 Å². The molecule has 10 heavy (non-hydrogen) atoms. The molecule has 0 heterocycles. The van der Waals surface area contributed by atoms with Gasteiger partial charge in [0.1, 0.15) is 6.67 Å². The lowest BCUT2D eigenvalue weighted by molar-refractivity contribution is -0.00285. The molecule has 0 rings (SSSR count). The zero-order valence-corrected chi connectivity index (χ0v) is 4.87. The molecular formula is C2H5F3MgO3S. The van der Waals surface area contributed by atoms with E-state index >= 15 is 0 Å². The molecule has 1 unspecified atom stereocenters. The Bertz CT molecular complexity index is 169. The van der Waals surface area contributed by atoms with E-state index in [-0.39, 0.29) is 23.1 Å². The van der Waals surface area contributed by atoms with Gasteiger partial charge in [0.05, 0.1) is 0 Å². The van der Waals surface area contributed by atoms with Crippen molar-refractivity contribution < 1.29 is 26.1 Å². The Hall–Kier alpha value is 0.466. The Balaban J connectivity index is 0. The van der Waals surface area contributed by atoms with Gasteiger partial charge in [0.2, 0.25) is 0 Å². The predicted octanol–water partition coefficient (Wildman–Crippen LogP) is -0.434. The minimum atomic E-state index is -4.96. The summed E-state index contributed by atoms with van der Waals surface area (Å²) >= 11 is 0. The molecule has 0 N–H and O–H groups in total. The lowest BCUT2D eigenvalue weighted by Gasteiger charge is -1.96. The van der Waals surface area contributed by atoms with Crippen molar-refractivity contribution in [3.8, 4) is 0 Å². The topological polar surface area (TPSA) is 43.4 Å². The van der Waals surface area contributed by atoms with E-state index in [0.717, 1.165) is 0 Å². The summed E-state index contributed by atoms with van der Waals surface area (Å²) in [6, 6.07) is 0. The lowest BCUT2D eigenvalue weighted by atomic mass is 10.9. The van der Waals surface area contributed by atoms with Crippen molar-refractivity contribution in [2.45, 2.75) is 5.50 Å². The Morgan fingerprint density at radius 2 is 1.90 bits per heavy atom. The van der Waals surface area contributed by atoms with Gasteiger partial charge in [0, 0.05) is 0 Å². The molecule has 60 valence electrons. The van der Waals surface area contributed by atoms with Crippen molar-refractivity contribution in [2.24, 2.45) is 0 Å². The van der Waals surface area contributed by atoms with E-state index in [1.807, 2.05) is 0 Å². The van der Waals surface area contributed by atoms with E-state index in [1.54, 1.807) is 0 Å². The molecule has 3 nitrogen and oxygen atoms in total. The van der Waals surface area contributed by atoms with Gasteiger partial charge < -0.3 is 0 Å². The van der Waals surface area contributed by atoms with Crippen LogP contribution in [0.4, 0.5) is 13.3 Å². The van der Waals surface area contributed by atoms with Crippen LogP contribution in [0.15, 0.2) is 0 Å². The molecule has 0 saturated heterocycles. The summed E-state index contributed by atoms with van der Waals surface area (Å²) in [7, 11) is -4.96. The maximum absolute atomic E-state index is 11.6.